The molecule has 2 aromatic rings. The second kappa shape index (κ2) is 11.1. The molecule has 1 aromatic carbocycles. The Balaban J connectivity index is 1.65. The van der Waals surface area contributed by atoms with E-state index in [9.17, 15) is 18.0 Å². The molecule has 0 bridgehead atoms. The molecule has 2 heterocycles. The third-order valence-corrected chi connectivity index (χ3v) is 6.80. The first-order chi connectivity index (χ1) is 15.9. The molecule has 0 saturated carbocycles. The lowest BCUT2D eigenvalue weighted by atomic mass is 10.3. The number of carbonyl (C=O) groups excluding carboxylic acids is 2. The minimum absolute atomic E-state index is 0.00455. The standard InChI is InChI=1S/C21H26N4O7S/c1-30-17-8-7-16(12-18(17)31-2)33(28,29)25-10-5-11-32-19(25)14-24-21(27)20(26)23-13-15-6-3-4-9-22-15/h3-4,6-9,12,19H,5,10-11,13-14H2,1-2H3,(H,23,26)(H,24,27)/t19-/m0/s1. The van der Waals surface area contributed by atoms with E-state index in [-0.39, 0.29) is 30.3 Å². The normalized spacial score (nSPS) is 16.6. The number of hydrogen-bond acceptors (Lipinski definition) is 8. The molecule has 1 atom stereocenters. The lowest BCUT2D eigenvalue weighted by Crippen LogP contribution is -2.53. The molecule has 0 radical (unpaired) electrons. The molecule has 33 heavy (non-hydrogen) atoms. The van der Waals surface area contributed by atoms with Gasteiger partial charge in [0.05, 0.1) is 44.5 Å². The highest BCUT2D eigenvalue weighted by molar-refractivity contribution is 7.89. The SMILES string of the molecule is COc1ccc(S(=O)(=O)N2CCCO[C@H]2CNC(=O)C(=O)NCc2ccccn2)cc1OC. The number of nitrogens with zero attached hydrogens (tertiary/aromatic N) is 2. The molecule has 11 nitrogen and oxygen atoms in total. The maximum atomic E-state index is 13.3. The highest BCUT2D eigenvalue weighted by Crippen LogP contribution is 2.31. The number of nitrogens with one attached hydrogen (secondary N) is 2. The number of rotatable bonds is 8. The number of carbonyl (C=O) groups is 2. The van der Waals surface area contributed by atoms with Crippen LogP contribution >= 0.6 is 0 Å². The van der Waals surface area contributed by atoms with Gasteiger partial charge in [0.2, 0.25) is 10.0 Å². The van der Waals surface area contributed by atoms with Crippen molar-refractivity contribution in [2.24, 2.45) is 0 Å². The molecule has 2 amide bonds. The third kappa shape index (κ3) is 5.97. The third-order valence-electron chi connectivity index (χ3n) is 4.92. The summed E-state index contributed by atoms with van der Waals surface area (Å²) in [6.07, 6.45) is 1.10. The summed E-state index contributed by atoms with van der Waals surface area (Å²) >= 11 is 0. The monoisotopic (exact) mass is 478 g/mol. The molecule has 1 aliphatic rings. The molecule has 178 valence electrons. The largest absolute Gasteiger partial charge is 0.493 e. The van der Waals surface area contributed by atoms with Crippen LogP contribution in [-0.2, 0) is 30.9 Å². The molecule has 1 saturated heterocycles. The van der Waals surface area contributed by atoms with Crippen LogP contribution in [-0.4, -0.2) is 69.7 Å². The van der Waals surface area contributed by atoms with Crippen LogP contribution < -0.4 is 20.1 Å². The molecule has 1 aromatic heterocycles. The smallest absolute Gasteiger partial charge is 0.309 e. The van der Waals surface area contributed by atoms with Crippen LogP contribution in [0.3, 0.4) is 0 Å². The first-order valence-corrected chi connectivity index (χ1v) is 11.6. The fraction of sp³-hybridized carbons (Fsp3) is 0.381. The Kier molecular flexibility index (Phi) is 8.20. The number of aromatic nitrogens is 1. The first-order valence-electron chi connectivity index (χ1n) is 10.2. The van der Waals surface area contributed by atoms with Crippen molar-refractivity contribution in [2.45, 2.75) is 24.1 Å². The predicted molar refractivity (Wildman–Crippen MR) is 117 cm³/mol. The van der Waals surface area contributed by atoms with Crippen LogP contribution in [0, 0.1) is 0 Å². The summed E-state index contributed by atoms with van der Waals surface area (Å²) in [5.41, 5.74) is 0.599. The van der Waals surface area contributed by atoms with Gasteiger partial charge in [0.25, 0.3) is 0 Å². The summed E-state index contributed by atoms with van der Waals surface area (Å²) in [4.78, 5) is 28.3. The predicted octanol–water partition coefficient (Wildman–Crippen LogP) is 0.269. The average Bonchev–Trinajstić information content (AvgIpc) is 2.86. The van der Waals surface area contributed by atoms with Crippen LogP contribution in [0.4, 0.5) is 0 Å². The summed E-state index contributed by atoms with van der Waals surface area (Å²) in [6, 6.07) is 9.49. The molecule has 1 aliphatic heterocycles. The number of pyridine rings is 1. The van der Waals surface area contributed by atoms with E-state index in [0.717, 1.165) is 4.31 Å². The van der Waals surface area contributed by atoms with Crippen molar-refractivity contribution in [3.8, 4) is 11.5 Å². The number of hydrogen-bond donors (Lipinski definition) is 2. The maximum absolute atomic E-state index is 13.3. The number of sulfonamides is 1. The summed E-state index contributed by atoms with van der Waals surface area (Å²) in [6.45, 7) is 0.419. The van der Waals surface area contributed by atoms with Gasteiger partial charge < -0.3 is 24.8 Å². The molecule has 2 N–H and O–H groups in total. The van der Waals surface area contributed by atoms with Gasteiger partial charge in [-0.3, -0.25) is 14.6 Å². The molecule has 1 fully saturated rings. The lowest BCUT2D eigenvalue weighted by Gasteiger charge is -2.34. The van der Waals surface area contributed by atoms with Crippen molar-refractivity contribution >= 4 is 21.8 Å². The van der Waals surface area contributed by atoms with E-state index >= 15 is 0 Å². The Hall–Kier alpha value is -3.22. The van der Waals surface area contributed by atoms with Crippen LogP contribution in [0.25, 0.3) is 0 Å². The van der Waals surface area contributed by atoms with Gasteiger partial charge in [-0.2, -0.15) is 4.31 Å². The molecular weight excluding hydrogens is 452 g/mol. The van der Waals surface area contributed by atoms with E-state index in [1.165, 1.54) is 32.4 Å². The van der Waals surface area contributed by atoms with Gasteiger partial charge in [-0.15, -0.1) is 0 Å². The minimum Gasteiger partial charge on any atom is -0.493 e. The number of methoxy groups -OCH3 is 2. The van der Waals surface area contributed by atoms with Crippen molar-refractivity contribution in [3.63, 3.8) is 0 Å². The van der Waals surface area contributed by atoms with Gasteiger partial charge in [0.1, 0.15) is 6.23 Å². The molecule has 0 spiro atoms. The zero-order valence-electron chi connectivity index (χ0n) is 18.3. The zero-order valence-corrected chi connectivity index (χ0v) is 19.1. The number of benzene rings is 1. The Labute approximate surface area is 192 Å². The fourth-order valence-corrected chi connectivity index (χ4v) is 4.81. The Morgan fingerprint density at radius 2 is 1.88 bits per heavy atom. The van der Waals surface area contributed by atoms with Crippen molar-refractivity contribution in [2.75, 3.05) is 33.9 Å². The van der Waals surface area contributed by atoms with Crippen LogP contribution in [0.15, 0.2) is 47.5 Å². The number of amides is 2. The highest BCUT2D eigenvalue weighted by Gasteiger charge is 2.35. The molecule has 3 rings (SSSR count). The Morgan fingerprint density at radius 3 is 2.58 bits per heavy atom. The van der Waals surface area contributed by atoms with Crippen LogP contribution in [0.5, 0.6) is 11.5 Å². The first kappa shape index (κ1) is 24.4. The van der Waals surface area contributed by atoms with Gasteiger partial charge in [-0.25, -0.2) is 8.42 Å². The van der Waals surface area contributed by atoms with E-state index in [0.29, 0.717) is 24.5 Å². The van der Waals surface area contributed by atoms with Gasteiger partial charge >= 0.3 is 11.8 Å². The fourth-order valence-electron chi connectivity index (χ4n) is 3.23. The highest BCUT2D eigenvalue weighted by atomic mass is 32.2. The van der Waals surface area contributed by atoms with E-state index in [1.807, 2.05) is 0 Å². The summed E-state index contributed by atoms with van der Waals surface area (Å²) in [5.74, 6) is -1.09. The number of ether oxygens (including phenoxy) is 3. The quantitative estimate of drug-likeness (QED) is 0.516. The van der Waals surface area contributed by atoms with E-state index in [4.69, 9.17) is 14.2 Å². The van der Waals surface area contributed by atoms with E-state index in [1.54, 1.807) is 24.4 Å². The Morgan fingerprint density at radius 1 is 1.12 bits per heavy atom. The van der Waals surface area contributed by atoms with Gasteiger partial charge in [-0.1, -0.05) is 6.07 Å². The van der Waals surface area contributed by atoms with Crippen LogP contribution in [0.2, 0.25) is 0 Å². The van der Waals surface area contributed by atoms with Gasteiger partial charge in [0.15, 0.2) is 11.5 Å². The van der Waals surface area contributed by atoms with Gasteiger partial charge in [0, 0.05) is 18.8 Å². The second-order valence-corrected chi connectivity index (χ2v) is 8.92. The topological polar surface area (TPSA) is 136 Å². The summed E-state index contributed by atoms with van der Waals surface area (Å²) in [7, 11) is -1.10. The summed E-state index contributed by atoms with van der Waals surface area (Å²) in [5, 5.41) is 4.90. The van der Waals surface area contributed by atoms with Crippen molar-refractivity contribution in [3.05, 3.63) is 48.3 Å². The molecular formula is C21H26N4O7S. The Bertz CT molecular complexity index is 1080. The molecule has 12 heteroatoms. The lowest BCUT2D eigenvalue weighted by molar-refractivity contribution is -0.140. The van der Waals surface area contributed by atoms with Crippen LogP contribution in [0.1, 0.15) is 12.1 Å². The summed E-state index contributed by atoms with van der Waals surface area (Å²) < 4.78 is 43.6. The average molecular weight is 479 g/mol. The molecule has 0 aliphatic carbocycles. The minimum atomic E-state index is -3.97. The maximum Gasteiger partial charge on any atom is 0.309 e. The van der Waals surface area contributed by atoms with E-state index < -0.39 is 28.1 Å². The van der Waals surface area contributed by atoms with Gasteiger partial charge in [-0.05, 0) is 30.7 Å². The van der Waals surface area contributed by atoms with Crippen molar-refractivity contribution in [1.82, 2.24) is 19.9 Å². The molecule has 0 unspecified atom stereocenters. The second-order valence-electron chi connectivity index (χ2n) is 7.03. The van der Waals surface area contributed by atoms with Crippen molar-refractivity contribution in [1.29, 1.82) is 0 Å². The van der Waals surface area contributed by atoms with Crippen molar-refractivity contribution < 1.29 is 32.2 Å². The zero-order chi connectivity index (χ0) is 23.8. The van der Waals surface area contributed by atoms with E-state index in [2.05, 4.69) is 15.6 Å².